The first kappa shape index (κ1) is 23.3. The number of nitrogens with zero attached hydrogens (tertiary/aromatic N) is 2. The molecule has 0 radical (unpaired) electrons. The fourth-order valence-corrected chi connectivity index (χ4v) is 4.41. The van der Waals surface area contributed by atoms with Crippen molar-refractivity contribution in [3.8, 4) is 0 Å². The maximum atomic E-state index is 12.2. The quantitative estimate of drug-likeness (QED) is 0.402. The number of hydrogen-bond acceptors (Lipinski definition) is 9. The maximum absolute atomic E-state index is 12.2. The molecule has 1 N–H and O–H groups in total. The Morgan fingerprint density at radius 2 is 1.97 bits per heavy atom. The predicted octanol–water partition coefficient (Wildman–Crippen LogP) is 1.72. The van der Waals surface area contributed by atoms with E-state index in [4.69, 9.17) is 13.9 Å². The molecule has 0 bridgehead atoms. The minimum absolute atomic E-state index is 0.0294. The van der Waals surface area contributed by atoms with Crippen molar-refractivity contribution >= 4 is 33.6 Å². The molecule has 0 fully saturated rings. The van der Waals surface area contributed by atoms with Gasteiger partial charge in [0.1, 0.15) is 11.5 Å². The smallest absolute Gasteiger partial charge is 0.355 e. The van der Waals surface area contributed by atoms with E-state index in [0.29, 0.717) is 18.1 Å². The van der Waals surface area contributed by atoms with Gasteiger partial charge < -0.3 is 24.1 Å². The van der Waals surface area contributed by atoms with Gasteiger partial charge in [0.15, 0.2) is 11.6 Å². The highest BCUT2D eigenvalue weighted by Crippen LogP contribution is 2.25. The van der Waals surface area contributed by atoms with Crippen LogP contribution in [0.2, 0.25) is 0 Å². The van der Waals surface area contributed by atoms with Crippen LogP contribution in [0, 0.1) is 0 Å². The highest BCUT2D eigenvalue weighted by Gasteiger charge is 2.39. The molecule has 1 aliphatic rings. The Balaban J connectivity index is 1.90. The number of rotatable bonds is 11. The molecule has 0 unspecified atom stereocenters. The van der Waals surface area contributed by atoms with Gasteiger partial charge in [0.2, 0.25) is 4.91 Å². The summed E-state index contributed by atoms with van der Waals surface area (Å²) in [5.41, 5.74) is 0. The lowest BCUT2D eigenvalue weighted by atomic mass is 10.4. The van der Waals surface area contributed by atoms with Crippen molar-refractivity contribution in [2.24, 2.45) is 4.40 Å². The first-order valence-electron chi connectivity index (χ1n) is 9.22. The normalized spacial score (nSPS) is 15.6. The third kappa shape index (κ3) is 6.51. The van der Waals surface area contributed by atoms with E-state index >= 15 is 0 Å². The van der Waals surface area contributed by atoms with Crippen molar-refractivity contribution in [1.82, 2.24) is 10.2 Å². The van der Waals surface area contributed by atoms with Crippen LogP contribution in [0.4, 0.5) is 0 Å². The third-order valence-corrected chi connectivity index (χ3v) is 5.89. The van der Waals surface area contributed by atoms with Crippen molar-refractivity contribution < 1.29 is 27.1 Å². The molecule has 162 valence electrons. The van der Waals surface area contributed by atoms with E-state index in [1.54, 1.807) is 25.6 Å². The van der Waals surface area contributed by atoms with Crippen LogP contribution in [0.3, 0.4) is 0 Å². The van der Waals surface area contributed by atoms with Gasteiger partial charge in [-0.05, 0) is 40.1 Å². The Labute approximate surface area is 175 Å². The van der Waals surface area contributed by atoms with E-state index in [9.17, 15) is 13.2 Å². The fraction of sp³-hybridized carbons (Fsp3) is 0.556. The van der Waals surface area contributed by atoms with Crippen molar-refractivity contribution in [3.05, 3.63) is 34.3 Å². The minimum atomic E-state index is -4.14. The topological polar surface area (TPSA) is 110 Å². The van der Waals surface area contributed by atoms with Crippen molar-refractivity contribution in [2.75, 3.05) is 39.6 Å². The summed E-state index contributed by atoms with van der Waals surface area (Å²) < 4.78 is 44.1. The van der Waals surface area contributed by atoms with E-state index in [1.807, 2.05) is 31.1 Å². The minimum Gasteiger partial charge on any atom is -0.488 e. The number of furan rings is 1. The van der Waals surface area contributed by atoms with Gasteiger partial charge in [0.05, 0.1) is 25.5 Å². The third-order valence-electron chi connectivity index (χ3n) is 3.61. The number of thioether (sulfide) groups is 1. The number of amidine groups is 1. The molecule has 1 aromatic heterocycles. The first-order valence-corrected chi connectivity index (χ1v) is 11.8. The number of sulfonamides is 1. The van der Waals surface area contributed by atoms with E-state index in [2.05, 4.69) is 9.71 Å². The summed E-state index contributed by atoms with van der Waals surface area (Å²) in [6.07, 6.45) is 0. The lowest BCUT2D eigenvalue weighted by Crippen LogP contribution is -2.28. The number of nitrogens with one attached hydrogen (secondary N) is 1. The van der Waals surface area contributed by atoms with Crippen LogP contribution >= 0.6 is 11.8 Å². The zero-order valence-corrected chi connectivity index (χ0v) is 18.7. The number of esters is 1. The standard InChI is InChI=1S/C18H27N3O6S2/c1-5-25-15-16(18(22)26-6-2)29(23,24)20-17(15)19-9-10-28-12-14-8-7-13(27-14)11-21(3)4/h7-8H,5-6,9-12H2,1-4H3,(H,19,20). The molecule has 0 saturated heterocycles. The molecule has 2 heterocycles. The van der Waals surface area contributed by atoms with Crippen LogP contribution in [0.5, 0.6) is 0 Å². The van der Waals surface area contributed by atoms with Gasteiger partial charge in [-0.25, -0.2) is 4.79 Å². The van der Waals surface area contributed by atoms with E-state index in [0.717, 1.165) is 18.1 Å². The Morgan fingerprint density at radius 3 is 2.62 bits per heavy atom. The Bertz CT molecular complexity index is 874. The Morgan fingerprint density at radius 1 is 1.24 bits per heavy atom. The monoisotopic (exact) mass is 445 g/mol. The van der Waals surface area contributed by atoms with Gasteiger partial charge in [-0.1, -0.05) is 0 Å². The van der Waals surface area contributed by atoms with Gasteiger partial charge >= 0.3 is 5.97 Å². The summed E-state index contributed by atoms with van der Waals surface area (Å²) in [5.74, 6) is 2.15. The largest absolute Gasteiger partial charge is 0.488 e. The van der Waals surface area contributed by atoms with Crippen LogP contribution in [0.1, 0.15) is 25.4 Å². The summed E-state index contributed by atoms with van der Waals surface area (Å²) in [5, 5.41) is 2.94. The van der Waals surface area contributed by atoms with Crippen molar-refractivity contribution in [3.63, 3.8) is 0 Å². The van der Waals surface area contributed by atoms with E-state index in [1.165, 1.54) is 0 Å². The maximum Gasteiger partial charge on any atom is 0.355 e. The van der Waals surface area contributed by atoms with Crippen LogP contribution < -0.4 is 5.32 Å². The van der Waals surface area contributed by atoms with E-state index in [-0.39, 0.29) is 24.8 Å². The molecular weight excluding hydrogens is 418 g/mol. The summed E-state index contributed by atoms with van der Waals surface area (Å²) in [6.45, 7) is 4.73. The van der Waals surface area contributed by atoms with Gasteiger partial charge in [-0.15, -0.1) is 4.40 Å². The van der Waals surface area contributed by atoms with Crippen LogP contribution in [0.15, 0.2) is 31.6 Å². The molecule has 0 amide bonds. The summed E-state index contributed by atoms with van der Waals surface area (Å²) in [4.78, 5) is 13.5. The molecule has 29 heavy (non-hydrogen) atoms. The van der Waals surface area contributed by atoms with Gasteiger partial charge in [-0.2, -0.15) is 20.2 Å². The number of carbonyl (C=O) groups is 1. The Kier molecular flexibility index (Phi) is 8.60. The summed E-state index contributed by atoms with van der Waals surface area (Å²) >= 11 is 1.63. The average Bonchev–Trinajstić information content (AvgIpc) is 3.16. The molecule has 0 saturated carbocycles. The van der Waals surface area contributed by atoms with Gasteiger partial charge in [0.25, 0.3) is 10.0 Å². The number of hydrogen-bond donors (Lipinski definition) is 1. The molecule has 0 aliphatic carbocycles. The second-order valence-corrected chi connectivity index (χ2v) is 8.96. The summed E-state index contributed by atoms with van der Waals surface area (Å²) in [7, 11) is -0.184. The second-order valence-electron chi connectivity index (χ2n) is 6.31. The zero-order valence-electron chi connectivity index (χ0n) is 17.1. The highest BCUT2D eigenvalue weighted by molar-refractivity contribution is 7.98. The fourth-order valence-electron chi connectivity index (χ4n) is 2.53. The molecule has 9 nitrogen and oxygen atoms in total. The summed E-state index contributed by atoms with van der Waals surface area (Å²) in [6, 6.07) is 3.91. The molecule has 0 spiro atoms. The SMILES string of the molecule is CCOC(=O)C1=C(OCC)C(NCCSCc2ccc(CN(C)C)o2)=NS1(=O)=O. The number of carbonyl (C=O) groups excluding carboxylic acids is 1. The number of ether oxygens (including phenoxy) is 2. The molecule has 2 rings (SSSR count). The van der Waals surface area contributed by atoms with Crippen LogP contribution in [-0.4, -0.2) is 64.7 Å². The lowest BCUT2D eigenvalue weighted by Gasteiger charge is -2.10. The van der Waals surface area contributed by atoms with Crippen LogP contribution in [-0.2, 0) is 36.6 Å². The van der Waals surface area contributed by atoms with Gasteiger partial charge in [-0.3, -0.25) is 0 Å². The molecule has 1 aromatic rings. The van der Waals surface area contributed by atoms with E-state index < -0.39 is 20.9 Å². The molecule has 0 aromatic carbocycles. The van der Waals surface area contributed by atoms with Crippen molar-refractivity contribution in [2.45, 2.75) is 26.1 Å². The highest BCUT2D eigenvalue weighted by atomic mass is 32.2. The first-order chi connectivity index (χ1) is 13.8. The molecule has 1 aliphatic heterocycles. The lowest BCUT2D eigenvalue weighted by molar-refractivity contribution is -0.137. The molecule has 0 atom stereocenters. The predicted molar refractivity (Wildman–Crippen MR) is 112 cm³/mol. The second kappa shape index (κ2) is 10.7. The van der Waals surface area contributed by atoms with Crippen molar-refractivity contribution in [1.29, 1.82) is 0 Å². The van der Waals surface area contributed by atoms with Crippen LogP contribution in [0.25, 0.3) is 0 Å². The molecular formula is C18H27N3O6S2. The molecule has 11 heteroatoms. The average molecular weight is 446 g/mol. The Hall–Kier alpha value is -1.98. The zero-order chi connectivity index (χ0) is 21.4. The van der Waals surface area contributed by atoms with Gasteiger partial charge in [0, 0.05) is 12.3 Å².